The van der Waals surface area contributed by atoms with Gasteiger partial charge in [-0.3, -0.25) is 0 Å². The molecule has 0 aliphatic heterocycles. The summed E-state index contributed by atoms with van der Waals surface area (Å²) in [6, 6.07) is 0. The highest BCUT2D eigenvalue weighted by Crippen LogP contribution is 2.09. The molecule has 0 heterocycles. The largest absolute Gasteiger partial charge is 0.550 e. The van der Waals surface area contributed by atoms with Crippen LogP contribution in [0.2, 0.25) is 0 Å². The van der Waals surface area contributed by atoms with Crippen molar-refractivity contribution in [3.63, 3.8) is 0 Å². The van der Waals surface area contributed by atoms with Gasteiger partial charge in [-0.2, -0.15) is 0 Å². The van der Waals surface area contributed by atoms with E-state index in [0.717, 1.165) is 32.1 Å². The molecule has 0 rings (SSSR count). The molecular weight excluding hydrogens is 164 g/mol. The van der Waals surface area contributed by atoms with E-state index in [-0.39, 0.29) is 5.92 Å². The van der Waals surface area contributed by atoms with Gasteiger partial charge in [0.1, 0.15) is 0 Å². The van der Waals surface area contributed by atoms with E-state index in [1.165, 1.54) is 0 Å². The fourth-order valence-corrected chi connectivity index (χ4v) is 1.17. The minimum atomic E-state index is -0.923. The molecule has 1 unspecified atom stereocenters. The lowest BCUT2D eigenvalue weighted by Crippen LogP contribution is -2.29. The number of carboxylic acid groups (broad SMARTS) is 1. The Morgan fingerprint density at radius 1 is 1.38 bits per heavy atom. The van der Waals surface area contributed by atoms with Gasteiger partial charge in [0.2, 0.25) is 0 Å². The van der Waals surface area contributed by atoms with Gasteiger partial charge in [-0.25, -0.2) is 0 Å². The fraction of sp³-hybridized carbons (Fsp3) is 0.727. The summed E-state index contributed by atoms with van der Waals surface area (Å²) in [4.78, 5) is 10.3. The first-order valence-electron chi connectivity index (χ1n) is 5.00. The third-order valence-corrected chi connectivity index (χ3v) is 2.15. The van der Waals surface area contributed by atoms with E-state index < -0.39 is 5.97 Å². The van der Waals surface area contributed by atoms with Crippen LogP contribution < -0.4 is 5.11 Å². The summed E-state index contributed by atoms with van der Waals surface area (Å²) in [5.41, 5.74) is 0. The highest BCUT2D eigenvalue weighted by molar-refractivity contribution is 5.66. The van der Waals surface area contributed by atoms with Crippen molar-refractivity contribution in [1.29, 1.82) is 0 Å². The third-order valence-electron chi connectivity index (χ3n) is 2.15. The van der Waals surface area contributed by atoms with Gasteiger partial charge in [0.05, 0.1) is 0 Å². The van der Waals surface area contributed by atoms with Crippen LogP contribution in [0.15, 0.2) is 12.2 Å². The number of hydrogen-bond acceptors (Lipinski definition) is 2. The summed E-state index contributed by atoms with van der Waals surface area (Å²) in [7, 11) is 0. The van der Waals surface area contributed by atoms with Crippen LogP contribution in [0.5, 0.6) is 0 Å². The smallest absolute Gasteiger partial charge is 0.0442 e. The maximum Gasteiger partial charge on any atom is 0.0442 e. The zero-order chi connectivity index (χ0) is 10.1. The predicted octanol–water partition coefficient (Wildman–Crippen LogP) is 1.90. The minimum Gasteiger partial charge on any atom is -0.550 e. The standard InChI is InChI=1S/C11H20O2/c1-3-4-5-6-7-8-9-10(2)11(12)13/h3-4,10H,5-9H2,1-2H3,(H,12,13)/p-1/b4-3+. The summed E-state index contributed by atoms with van der Waals surface area (Å²) >= 11 is 0. The first-order valence-corrected chi connectivity index (χ1v) is 5.00. The predicted molar refractivity (Wildman–Crippen MR) is 52.1 cm³/mol. The Morgan fingerprint density at radius 2 is 2.08 bits per heavy atom. The number of carbonyl (C=O) groups excluding carboxylic acids is 1. The minimum absolute atomic E-state index is 0.290. The molecule has 0 aromatic carbocycles. The van der Waals surface area contributed by atoms with E-state index in [4.69, 9.17) is 0 Å². The van der Waals surface area contributed by atoms with E-state index >= 15 is 0 Å². The van der Waals surface area contributed by atoms with Gasteiger partial charge in [-0.15, -0.1) is 0 Å². The Morgan fingerprint density at radius 3 is 2.62 bits per heavy atom. The van der Waals surface area contributed by atoms with Crippen LogP contribution in [0.1, 0.15) is 46.0 Å². The number of allylic oxidation sites excluding steroid dienone is 2. The molecule has 0 saturated heterocycles. The van der Waals surface area contributed by atoms with E-state index in [9.17, 15) is 9.90 Å². The Hall–Kier alpha value is -0.790. The molecule has 0 aliphatic rings. The number of carbonyl (C=O) groups is 1. The van der Waals surface area contributed by atoms with Crippen molar-refractivity contribution in [1.82, 2.24) is 0 Å². The second-order valence-corrected chi connectivity index (χ2v) is 3.43. The van der Waals surface area contributed by atoms with Crippen molar-refractivity contribution in [2.45, 2.75) is 46.0 Å². The van der Waals surface area contributed by atoms with Crippen molar-refractivity contribution < 1.29 is 9.90 Å². The lowest BCUT2D eigenvalue weighted by molar-refractivity contribution is -0.311. The van der Waals surface area contributed by atoms with Crippen LogP contribution in [-0.2, 0) is 4.79 Å². The van der Waals surface area contributed by atoms with Gasteiger partial charge in [0, 0.05) is 5.97 Å². The van der Waals surface area contributed by atoms with Crippen molar-refractivity contribution in [3.05, 3.63) is 12.2 Å². The van der Waals surface area contributed by atoms with Crippen LogP contribution in [0.25, 0.3) is 0 Å². The molecule has 76 valence electrons. The van der Waals surface area contributed by atoms with Gasteiger partial charge in [0.15, 0.2) is 0 Å². The van der Waals surface area contributed by atoms with E-state index in [2.05, 4.69) is 6.08 Å². The summed E-state index contributed by atoms with van der Waals surface area (Å²) in [5.74, 6) is -1.21. The summed E-state index contributed by atoms with van der Waals surface area (Å²) < 4.78 is 0. The van der Waals surface area contributed by atoms with E-state index in [0.29, 0.717) is 0 Å². The second-order valence-electron chi connectivity index (χ2n) is 3.43. The Balaban J connectivity index is 3.20. The molecule has 0 saturated carbocycles. The normalized spacial score (nSPS) is 13.4. The highest BCUT2D eigenvalue weighted by atomic mass is 16.4. The molecule has 0 amide bonds. The molecule has 0 radical (unpaired) electrons. The summed E-state index contributed by atoms with van der Waals surface area (Å²) in [5, 5.41) is 10.3. The molecule has 0 spiro atoms. The molecule has 2 heteroatoms. The van der Waals surface area contributed by atoms with E-state index in [1.807, 2.05) is 13.0 Å². The maximum absolute atomic E-state index is 10.3. The van der Waals surface area contributed by atoms with Crippen LogP contribution in [0.4, 0.5) is 0 Å². The second kappa shape index (κ2) is 7.84. The van der Waals surface area contributed by atoms with Crippen molar-refractivity contribution >= 4 is 5.97 Å². The number of hydrogen-bond donors (Lipinski definition) is 0. The van der Waals surface area contributed by atoms with Crippen LogP contribution in [0, 0.1) is 5.92 Å². The monoisotopic (exact) mass is 183 g/mol. The lowest BCUT2D eigenvalue weighted by atomic mass is 10.0. The average Bonchev–Trinajstić information content (AvgIpc) is 2.10. The Bertz CT molecular complexity index is 161. The van der Waals surface area contributed by atoms with Crippen molar-refractivity contribution in [3.8, 4) is 0 Å². The van der Waals surface area contributed by atoms with Gasteiger partial charge in [-0.05, 0) is 32.1 Å². The molecule has 0 aliphatic carbocycles. The summed E-state index contributed by atoms with van der Waals surface area (Å²) in [6.45, 7) is 3.72. The molecule has 0 N–H and O–H groups in total. The van der Waals surface area contributed by atoms with Crippen LogP contribution >= 0.6 is 0 Å². The van der Waals surface area contributed by atoms with Gasteiger partial charge >= 0.3 is 0 Å². The van der Waals surface area contributed by atoms with Gasteiger partial charge in [-0.1, -0.05) is 31.9 Å². The number of unbranched alkanes of at least 4 members (excludes halogenated alkanes) is 3. The first-order chi connectivity index (χ1) is 6.18. The lowest BCUT2D eigenvalue weighted by Gasteiger charge is -2.11. The third kappa shape index (κ3) is 7.57. The van der Waals surface area contributed by atoms with Crippen molar-refractivity contribution in [2.24, 2.45) is 5.92 Å². The maximum atomic E-state index is 10.3. The molecule has 0 aromatic rings. The quantitative estimate of drug-likeness (QED) is 0.446. The number of aliphatic carboxylic acids is 1. The zero-order valence-corrected chi connectivity index (χ0v) is 8.58. The number of rotatable bonds is 7. The Kier molecular flexibility index (Phi) is 7.36. The molecule has 1 atom stereocenters. The molecule has 2 nitrogen and oxygen atoms in total. The molecule has 13 heavy (non-hydrogen) atoms. The van der Waals surface area contributed by atoms with Gasteiger partial charge < -0.3 is 9.90 Å². The van der Waals surface area contributed by atoms with E-state index in [1.54, 1.807) is 6.92 Å². The highest BCUT2D eigenvalue weighted by Gasteiger charge is 2.00. The average molecular weight is 183 g/mol. The molecular formula is C11H19O2-. The van der Waals surface area contributed by atoms with Crippen LogP contribution in [-0.4, -0.2) is 5.97 Å². The molecule has 0 aromatic heterocycles. The SMILES string of the molecule is C/C=C/CCCCCC(C)C(=O)[O-]. The molecule has 0 fully saturated rings. The van der Waals surface area contributed by atoms with Crippen LogP contribution in [0.3, 0.4) is 0 Å². The first kappa shape index (κ1) is 12.2. The zero-order valence-electron chi connectivity index (χ0n) is 8.58. The Labute approximate surface area is 80.7 Å². The van der Waals surface area contributed by atoms with Gasteiger partial charge in [0.25, 0.3) is 0 Å². The number of carboxylic acids is 1. The summed E-state index contributed by atoms with van der Waals surface area (Å²) in [6.07, 6.45) is 9.30. The fourth-order valence-electron chi connectivity index (χ4n) is 1.17. The molecule has 0 bridgehead atoms. The van der Waals surface area contributed by atoms with Crippen molar-refractivity contribution in [2.75, 3.05) is 0 Å². The topological polar surface area (TPSA) is 40.1 Å².